The summed E-state index contributed by atoms with van der Waals surface area (Å²) in [5, 5.41) is 2.75. The first-order chi connectivity index (χ1) is 18.8. The Morgan fingerprint density at radius 1 is 0.769 bits per heavy atom. The number of amides is 3. The van der Waals surface area contributed by atoms with Crippen LogP contribution in [0.5, 0.6) is 11.5 Å². The van der Waals surface area contributed by atoms with E-state index in [4.69, 9.17) is 20.9 Å². The van der Waals surface area contributed by atoms with Crippen LogP contribution < -0.4 is 31.2 Å². The van der Waals surface area contributed by atoms with Crippen LogP contribution in [-0.4, -0.2) is 31.9 Å². The summed E-state index contributed by atoms with van der Waals surface area (Å²) in [7, 11) is 3.04. The standard InChI is InChI=1S/C30H28N4O5/c1-38-23-9-5-7-21(17-23)34(22-8-6-10-24(18-22)39-2)30(37)27(28(32)35)19-13-15-20(16-14-19)29(36)33-26-12-4-3-11-25(26)31/h3-18,27H,31H2,1-2H3,(H2,32,35)(H,33,36). The van der Waals surface area contributed by atoms with Gasteiger partial charge in [0.05, 0.1) is 37.0 Å². The number of carbonyl (C=O) groups is 3. The second-order valence-electron chi connectivity index (χ2n) is 8.58. The summed E-state index contributed by atoms with van der Waals surface area (Å²) in [6, 6.07) is 26.8. The second kappa shape index (κ2) is 11.8. The molecule has 0 bridgehead atoms. The Morgan fingerprint density at radius 2 is 1.33 bits per heavy atom. The van der Waals surface area contributed by atoms with Gasteiger partial charge in [0, 0.05) is 17.7 Å². The topological polar surface area (TPSA) is 137 Å². The molecule has 3 amide bonds. The summed E-state index contributed by atoms with van der Waals surface area (Å²) in [4.78, 5) is 40.9. The molecule has 1 atom stereocenters. The van der Waals surface area contributed by atoms with Crippen LogP contribution in [0.2, 0.25) is 0 Å². The van der Waals surface area contributed by atoms with Crippen molar-refractivity contribution in [2.45, 2.75) is 5.92 Å². The quantitative estimate of drug-likeness (QED) is 0.218. The van der Waals surface area contributed by atoms with Gasteiger partial charge in [-0.2, -0.15) is 0 Å². The van der Waals surface area contributed by atoms with Gasteiger partial charge in [-0.1, -0.05) is 36.4 Å². The highest BCUT2D eigenvalue weighted by molar-refractivity contribution is 6.15. The molecule has 4 aromatic rings. The molecule has 0 spiro atoms. The molecule has 0 aliphatic heterocycles. The Balaban J connectivity index is 1.69. The van der Waals surface area contributed by atoms with Crippen molar-refractivity contribution < 1.29 is 23.9 Å². The van der Waals surface area contributed by atoms with Crippen LogP contribution in [0.4, 0.5) is 22.7 Å². The highest BCUT2D eigenvalue weighted by Gasteiger charge is 2.33. The third kappa shape index (κ3) is 5.99. The van der Waals surface area contributed by atoms with Gasteiger partial charge in [0.15, 0.2) is 0 Å². The first-order valence-electron chi connectivity index (χ1n) is 12.0. The average molecular weight is 525 g/mol. The van der Waals surface area contributed by atoms with Gasteiger partial charge in [-0.3, -0.25) is 19.3 Å². The maximum Gasteiger partial charge on any atom is 0.255 e. The predicted molar refractivity (Wildman–Crippen MR) is 150 cm³/mol. The predicted octanol–water partition coefficient (Wildman–Crippen LogP) is 4.47. The summed E-state index contributed by atoms with van der Waals surface area (Å²) in [6.45, 7) is 0. The maximum atomic E-state index is 14.0. The molecule has 0 aliphatic carbocycles. The van der Waals surface area contributed by atoms with Gasteiger partial charge in [0.2, 0.25) is 11.8 Å². The zero-order valence-electron chi connectivity index (χ0n) is 21.5. The minimum absolute atomic E-state index is 0.315. The fraction of sp³-hybridized carbons (Fsp3) is 0.100. The van der Waals surface area contributed by atoms with Crippen molar-refractivity contribution in [3.63, 3.8) is 0 Å². The number of carbonyl (C=O) groups excluding carboxylic acids is 3. The number of nitrogens with zero attached hydrogens (tertiary/aromatic N) is 1. The molecule has 1 unspecified atom stereocenters. The molecule has 0 radical (unpaired) electrons. The minimum atomic E-state index is -1.34. The molecule has 198 valence electrons. The number of nitrogens with two attached hydrogens (primary N) is 2. The number of methoxy groups -OCH3 is 2. The molecular formula is C30H28N4O5. The number of hydrogen-bond donors (Lipinski definition) is 3. The Bertz CT molecular complexity index is 1460. The number of para-hydroxylation sites is 2. The van der Waals surface area contributed by atoms with Gasteiger partial charge in [-0.05, 0) is 54.1 Å². The van der Waals surface area contributed by atoms with Crippen molar-refractivity contribution >= 4 is 40.5 Å². The fourth-order valence-corrected chi connectivity index (χ4v) is 4.09. The fourth-order valence-electron chi connectivity index (χ4n) is 4.09. The van der Waals surface area contributed by atoms with Gasteiger partial charge < -0.3 is 26.3 Å². The lowest BCUT2D eigenvalue weighted by Crippen LogP contribution is -2.38. The van der Waals surface area contributed by atoms with E-state index in [1.807, 2.05) is 0 Å². The molecule has 39 heavy (non-hydrogen) atoms. The van der Waals surface area contributed by atoms with Crippen molar-refractivity contribution in [2.24, 2.45) is 5.73 Å². The number of nitrogens with one attached hydrogen (secondary N) is 1. The summed E-state index contributed by atoms with van der Waals surface area (Å²) in [6.07, 6.45) is 0. The first-order valence-corrected chi connectivity index (χ1v) is 12.0. The average Bonchev–Trinajstić information content (AvgIpc) is 2.95. The third-order valence-corrected chi connectivity index (χ3v) is 6.09. The van der Waals surface area contributed by atoms with Crippen LogP contribution in [0.1, 0.15) is 21.8 Å². The Hall–Kier alpha value is -5.31. The van der Waals surface area contributed by atoms with Crippen molar-refractivity contribution in [3.05, 3.63) is 108 Å². The normalized spacial score (nSPS) is 11.2. The number of ether oxygens (including phenoxy) is 2. The molecule has 0 aromatic heterocycles. The Morgan fingerprint density at radius 3 is 1.85 bits per heavy atom. The van der Waals surface area contributed by atoms with Crippen LogP contribution >= 0.6 is 0 Å². The minimum Gasteiger partial charge on any atom is -0.497 e. The highest BCUT2D eigenvalue weighted by Crippen LogP contribution is 2.34. The number of benzene rings is 4. The largest absolute Gasteiger partial charge is 0.497 e. The van der Waals surface area contributed by atoms with Gasteiger partial charge in [-0.15, -0.1) is 0 Å². The molecule has 0 aliphatic rings. The molecule has 0 heterocycles. The van der Waals surface area contributed by atoms with E-state index in [1.54, 1.807) is 72.8 Å². The SMILES string of the molecule is COc1cccc(N(C(=O)C(C(N)=O)c2ccc(C(=O)Nc3ccccc3N)cc2)c2cccc(OC)c2)c1. The van der Waals surface area contributed by atoms with Crippen LogP contribution in [0.25, 0.3) is 0 Å². The molecule has 9 heteroatoms. The summed E-state index contributed by atoms with van der Waals surface area (Å²) >= 11 is 0. The number of primary amides is 1. The number of hydrogen-bond acceptors (Lipinski definition) is 6. The number of rotatable bonds is 9. The van der Waals surface area contributed by atoms with Gasteiger partial charge in [0.25, 0.3) is 5.91 Å². The van der Waals surface area contributed by atoms with Crippen molar-refractivity contribution in [1.29, 1.82) is 0 Å². The van der Waals surface area contributed by atoms with Crippen LogP contribution in [0.15, 0.2) is 97.1 Å². The monoisotopic (exact) mass is 524 g/mol. The smallest absolute Gasteiger partial charge is 0.255 e. The summed E-state index contributed by atoms with van der Waals surface area (Å²) < 4.78 is 10.7. The van der Waals surface area contributed by atoms with E-state index >= 15 is 0 Å². The summed E-state index contributed by atoms with van der Waals surface area (Å²) in [5.41, 5.74) is 14.2. The van der Waals surface area contributed by atoms with Crippen molar-refractivity contribution in [1.82, 2.24) is 0 Å². The van der Waals surface area contributed by atoms with E-state index in [-0.39, 0.29) is 0 Å². The van der Waals surface area contributed by atoms with E-state index in [1.165, 1.54) is 43.4 Å². The van der Waals surface area contributed by atoms with Gasteiger partial charge in [0.1, 0.15) is 17.4 Å². The lowest BCUT2D eigenvalue weighted by atomic mass is 9.95. The maximum absolute atomic E-state index is 14.0. The number of nitrogen functional groups attached to an aromatic ring is 1. The molecule has 4 aromatic carbocycles. The van der Waals surface area contributed by atoms with E-state index in [9.17, 15) is 14.4 Å². The lowest BCUT2D eigenvalue weighted by molar-refractivity contribution is -0.128. The van der Waals surface area contributed by atoms with E-state index in [0.29, 0.717) is 45.4 Å². The zero-order valence-corrected chi connectivity index (χ0v) is 21.5. The van der Waals surface area contributed by atoms with Crippen LogP contribution in [0, 0.1) is 0 Å². The van der Waals surface area contributed by atoms with Gasteiger partial charge >= 0.3 is 0 Å². The molecule has 4 rings (SSSR count). The number of anilines is 4. The van der Waals surface area contributed by atoms with E-state index < -0.39 is 23.6 Å². The molecule has 9 nitrogen and oxygen atoms in total. The molecule has 5 N–H and O–H groups in total. The van der Waals surface area contributed by atoms with Crippen LogP contribution in [0.3, 0.4) is 0 Å². The van der Waals surface area contributed by atoms with Gasteiger partial charge in [-0.25, -0.2) is 0 Å². The Kier molecular flexibility index (Phi) is 8.11. The van der Waals surface area contributed by atoms with Crippen LogP contribution in [-0.2, 0) is 9.59 Å². The van der Waals surface area contributed by atoms with E-state index in [0.717, 1.165) is 0 Å². The first kappa shape index (κ1) is 26.7. The highest BCUT2D eigenvalue weighted by atomic mass is 16.5. The van der Waals surface area contributed by atoms with E-state index in [2.05, 4.69) is 5.32 Å². The van der Waals surface area contributed by atoms with Crippen molar-refractivity contribution in [2.75, 3.05) is 30.2 Å². The molecule has 0 fully saturated rings. The third-order valence-electron chi connectivity index (χ3n) is 6.09. The molecular weight excluding hydrogens is 496 g/mol. The molecule has 0 saturated carbocycles. The molecule has 0 saturated heterocycles. The Labute approximate surface area is 225 Å². The summed E-state index contributed by atoms with van der Waals surface area (Å²) in [5.74, 6) is -2.11. The second-order valence-corrected chi connectivity index (χ2v) is 8.58. The van der Waals surface area contributed by atoms with Crippen molar-refractivity contribution in [3.8, 4) is 11.5 Å². The lowest BCUT2D eigenvalue weighted by Gasteiger charge is -2.27. The zero-order chi connectivity index (χ0) is 27.9.